The Morgan fingerprint density at radius 2 is 1.93 bits per heavy atom. The summed E-state index contributed by atoms with van der Waals surface area (Å²) in [6, 6.07) is 6.02. The Hall–Kier alpha value is -2.38. The molecule has 5 atom stereocenters. The number of rotatable bonds is 5. The van der Waals surface area contributed by atoms with E-state index in [1.165, 1.54) is 11.9 Å². The first kappa shape index (κ1) is 20.4. The number of hydrogen-bond acceptors (Lipinski definition) is 4. The molecule has 1 saturated heterocycles. The van der Waals surface area contributed by atoms with Crippen LogP contribution in [0.1, 0.15) is 6.92 Å². The van der Waals surface area contributed by atoms with Gasteiger partial charge in [-0.3, -0.25) is 14.4 Å². The van der Waals surface area contributed by atoms with Gasteiger partial charge in [0, 0.05) is 19.5 Å². The average Bonchev–Trinajstić information content (AvgIpc) is 2.95. The molecule has 3 amide bonds. The van der Waals surface area contributed by atoms with E-state index in [0.717, 1.165) is 0 Å². The van der Waals surface area contributed by atoms with Crippen LogP contribution in [-0.2, 0) is 14.4 Å². The first-order chi connectivity index (χ1) is 13.4. The molecule has 0 bridgehead atoms. The lowest BCUT2D eigenvalue weighted by Crippen LogP contribution is -2.45. The van der Waals surface area contributed by atoms with Gasteiger partial charge in [0.2, 0.25) is 17.7 Å². The highest BCUT2D eigenvalue weighted by Crippen LogP contribution is 2.44. The second-order valence-electron chi connectivity index (χ2n) is 7.16. The fraction of sp³-hybridized carbons (Fsp3) is 0.450. The molecular formula is C20H24ClN3O4. The minimum Gasteiger partial charge on any atom is -0.395 e. The first-order valence-corrected chi connectivity index (χ1v) is 9.65. The van der Waals surface area contributed by atoms with E-state index in [1.54, 1.807) is 24.3 Å². The SMILES string of the molecule is CNC(=O)[C@H]1[C@@H]2C(=O)N(CCO)[C@H](C(=O)Nc3ccccc3Cl)[C@H]2C=C[C@H]1C. The molecule has 28 heavy (non-hydrogen) atoms. The molecule has 0 unspecified atom stereocenters. The molecule has 2 aliphatic rings. The molecule has 8 heteroatoms. The third-order valence-electron chi connectivity index (χ3n) is 5.56. The highest BCUT2D eigenvalue weighted by Gasteiger charge is 2.56. The molecule has 7 nitrogen and oxygen atoms in total. The Labute approximate surface area is 168 Å². The zero-order chi connectivity index (χ0) is 20.4. The van der Waals surface area contributed by atoms with Crippen molar-refractivity contribution in [2.75, 3.05) is 25.5 Å². The van der Waals surface area contributed by atoms with Crippen molar-refractivity contribution in [1.82, 2.24) is 10.2 Å². The average molecular weight is 406 g/mol. The number of nitrogens with one attached hydrogen (secondary N) is 2. The zero-order valence-corrected chi connectivity index (χ0v) is 16.5. The number of hydrogen-bond donors (Lipinski definition) is 3. The minimum absolute atomic E-state index is 0.0229. The number of β-amino-alcohol motifs (C(OH)–C–C–N with tert-alkyl or cyclic N) is 1. The summed E-state index contributed by atoms with van der Waals surface area (Å²) < 4.78 is 0. The molecule has 150 valence electrons. The summed E-state index contributed by atoms with van der Waals surface area (Å²) in [5.41, 5.74) is 0.449. The van der Waals surface area contributed by atoms with Gasteiger partial charge in [-0.25, -0.2) is 0 Å². The van der Waals surface area contributed by atoms with E-state index in [1.807, 2.05) is 19.1 Å². The number of carbonyl (C=O) groups is 3. The molecule has 1 aromatic carbocycles. The maximum absolute atomic E-state index is 13.1. The van der Waals surface area contributed by atoms with E-state index >= 15 is 0 Å². The van der Waals surface area contributed by atoms with Crippen LogP contribution in [-0.4, -0.2) is 54.0 Å². The van der Waals surface area contributed by atoms with E-state index < -0.39 is 29.7 Å². The number of fused-ring (bicyclic) bond motifs is 1. The number of benzene rings is 1. The Morgan fingerprint density at radius 1 is 1.21 bits per heavy atom. The number of allylic oxidation sites excluding steroid dienone is 1. The fourth-order valence-electron chi connectivity index (χ4n) is 4.28. The van der Waals surface area contributed by atoms with Crippen LogP contribution in [0, 0.1) is 23.7 Å². The van der Waals surface area contributed by atoms with Gasteiger partial charge in [0.1, 0.15) is 6.04 Å². The van der Waals surface area contributed by atoms with Crippen LogP contribution in [0.15, 0.2) is 36.4 Å². The molecule has 3 rings (SSSR count). The summed E-state index contributed by atoms with van der Waals surface area (Å²) in [5.74, 6) is -2.71. The minimum atomic E-state index is -0.822. The lowest BCUT2D eigenvalue weighted by atomic mass is 9.70. The van der Waals surface area contributed by atoms with E-state index in [9.17, 15) is 19.5 Å². The van der Waals surface area contributed by atoms with Gasteiger partial charge in [0.05, 0.1) is 29.2 Å². The molecule has 3 N–H and O–H groups in total. The number of amides is 3. The number of halogens is 1. The van der Waals surface area contributed by atoms with Crippen LogP contribution in [0.25, 0.3) is 0 Å². The number of likely N-dealkylation sites (tertiary alicyclic amines) is 1. The van der Waals surface area contributed by atoms with Gasteiger partial charge in [0.25, 0.3) is 0 Å². The predicted molar refractivity (Wildman–Crippen MR) is 106 cm³/mol. The smallest absolute Gasteiger partial charge is 0.247 e. The second-order valence-corrected chi connectivity index (χ2v) is 7.56. The van der Waals surface area contributed by atoms with E-state index in [4.69, 9.17) is 11.6 Å². The Balaban J connectivity index is 1.96. The summed E-state index contributed by atoms with van der Waals surface area (Å²) >= 11 is 6.14. The highest BCUT2D eigenvalue weighted by molar-refractivity contribution is 6.33. The lowest BCUT2D eigenvalue weighted by Gasteiger charge is -2.32. The van der Waals surface area contributed by atoms with Crippen molar-refractivity contribution >= 4 is 35.0 Å². The monoisotopic (exact) mass is 405 g/mol. The van der Waals surface area contributed by atoms with E-state index in [2.05, 4.69) is 10.6 Å². The summed E-state index contributed by atoms with van der Waals surface area (Å²) in [6.45, 7) is 1.63. The summed E-state index contributed by atoms with van der Waals surface area (Å²) in [5, 5.41) is 15.2. The molecule has 0 saturated carbocycles. The standard InChI is InChI=1S/C20H24ClN3O4/c1-11-7-8-12-16(15(11)18(26)22-2)20(28)24(9-10-25)17(12)19(27)23-14-6-4-3-5-13(14)21/h3-8,11-12,15-17,25H,9-10H2,1-2H3,(H,22,26)(H,23,27)/t11-,12+,15-,16-,17+/m1/s1. The molecule has 1 aromatic rings. The Bertz CT molecular complexity index is 812. The summed E-state index contributed by atoms with van der Waals surface area (Å²) in [4.78, 5) is 40.1. The van der Waals surface area contributed by atoms with Gasteiger partial charge < -0.3 is 20.6 Å². The zero-order valence-electron chi connectivity index (χ0n) is 15.8. The van der Waals surface area contributed by atoms with Crippen molar-refractivity contribution in [3.8, 4) is 0 Å². The maximum Gasteiger partial charge on any atom is 0.247 e. The van der Waals surface area contributed by atoms with Crippen molar-refractivity contribution in [2.24, 2.45) is 23.7 Å². The molecule has 1 fully saturated rings. The molecule has 1 aliphatic carbocycles. The van der Waals surface area contributed by atoms with Crippen LogP contribution in [0.5, 0.6) is 0 Å². The van der Waals surface area contributed by atoms with Crippen LogP contribution >= 0.6 is 11.6 Å². The largest absolute Gasteiger partial charge is 0.395 e. The molecule has 1 aliphatic heterocycles. The van der Waals surface area contributed by atoms with Gasteiger partial charge >= 0.3 is 0 Å². The maximum atomic E-state index is 13.1. The lowest BCUT2D eigenvalue weighted by molar-refractivity contribution is -0.140. The normalized spacial score (nSPS) is 28.8. The second kappa shape index (κ2) is 8.32. The van der Waals surface area contributed by atoms with Crippen LogP contribution in [0.2, 0.25) is 5.02 Å². The third-order valence-corrected chi connectivity index (χ3v) is 5.89. The highest BCUT2D eigenvalue weighted by atomic mass is 35.5. The number of carbonyl (C=O) groups excluding carboxylic acids is 3. The topological polar surface area (TPSA) is 98.7 Å². The number of aliphatic hydroxyl groups is 1. The molecule has 1 heterocycles. The number of para-hydroxylation sites is 1. The Morgan fingerprint density at radius 3 is 2.57 bits per heavy atom. The van der Waals surface area contributed by atoms with Crippen LogP contribution in [0.3, 0.4) is 0 Å². The fourth-order valence-corrected chi connectivity index (χ4v) is 4.46. The molecular weight excluding hydrogens is 382 g/mol. The molecule has 0 spiro atoms. The number of nitrogens with zero attached hydrogens (tertiary/aromatic N) is 1. The van der Waals surface area contributed by atoms with Gasteiger partial charge in [0.15, 0.2) is 0 Å². The number of anilines is 1. The van der Waals surface area contributed by atoms with Crippen molar-refractivity contribution in [3.05, 3.63) is 41.4 Å². The van der Waals surface area contributed by atoms with Crippen LogP contribution < -0.4 is 10.6 Å². The van der Waals surface area contributed by atoms with Crippen molar-refractivity contribution < 1.29 is 19.5 Å². The van der Waals surface area contributed by atoms with E-state index in [-0.39, 0.29) is 30.9 Å². The quantitative estimate of drug-likeness (QED) is 0.643. The van der Waals surface area contributed by atoms with E-state index in [0.29, 0.717) is 10.7 Å². The molecule has 0 radical (unpaired) electrons. The first-order valence-electron chi connectivity index (χ1n) is 9.27. The summed E-state index contributed by atoms with van der Waals surface area (Å²) in [6.07, 6.45) is 3.73. The molecule has 0 aromatic heterocycles. The van der Waals surface area contributed by atoms with Gasteiger partial charge in [-0.1, -0.05) is 42.8 Å². The van der Waals surface area contributed by atoms with Gasteiger partial charge in [-0.2, -0.15) is 0 Å². The predicted octanol–water partition coefficient (Wildman–Crippen LogP) is 1.28. The summed E-state index contributed by atoms with van der Waals surface area (Å²) in [7, 11) is 1.54. The van der Waals surface area contributed by atoms with Crippen LogP contribution in [0.4, 0.5) is 5.69 Å². The Kier molecular flexibility index (Phi) is 6.05. The van der Waals surface area contributed by atoms with Gasteiger partial charge in [-0.05, 0) is 18.1 Å². The van der Waals surface area contributed by atoms with Gasteiger partial charge in [-0.15, -0.1) is 0 Å². The number of aliphatic hydroxyl groups excluding tert-OH is 1. The van der Waals surface area contributed by atoms with Crippen molar-refractivity contribution in [2.45, 2.75) is 13.0 Å². The van der Waals surface area contributed by atoms with Crippen molar-refractivity contribution in [3.63, 3.8) is 0 Å². The van der Waals surface area contributed by atoms with Crippen molar-refractivity contribution in [1.29, 1.82) is 0 Å². The third kappa shape index (κ3) is 3.52.